The van der Waals surface area contributed by atoms with Crippen LogP contribution in [0.5, 0.6) is 0 Å². The van der Waals surface area contributed by atoms with Crippen molar-refractivity contribution in [1.82, 2.24) is 19.9 Å². The Balaban J connectivity index is 0.00000289. The predicted octanol–water partition coefficient (Wildman–Crippen LogP) is 7.38. The molecule has 0 unspecified atom stereocenters. The average Bonchev–Trinajstić information content (AvgIpc) is 3.58. The van der Waals surface area contributed by atoms with Crippen molar-refractivity contribution in [3.8, 4) is 0 Å². The minimum Gasteiger partial charge on any atom is -0.657 e. The van der Waals surface area contributed by atoms with Gasteiger partial charge in [-0.2, -0.15) is 0 Å². The molecule has 35 heavy (non-hydrogen) atoms. The molecule has 0 saturated heterocycles. The first-order valence-corrected chi connectivity index (χ1v) is 12.6. The molecule has 2 aliphatic rings. The van der Waals surface area contributed by atoms with Crippen LogP contribution < -0.4 is 9.97 Å². The second-order valence-corrected chi connectivity index (χ2v) is 8.96. The minimum absolute atomic E-state index is 0. The van der Waals surface area contributed by atoms with Crippen molar-refractivity contribution in [2.24, 2.45) is 0 Å². The van der Waals surface area contributed by atoms with Crippen LogP contribution in [0, 0.1) is 0 Å². The minimum atomic E-state index is 0. The van der Waals surface area contributed by atoms with Crippen molar-refractivity contribution in [1.29, 1.82) is 0 Å². The summed E-state index contributed by atoms with van der Waals surface area (Å²) < 4.78 is 0. The SMILES string of the molecule is CCC1=Cc2cc3cc(CC)c(cc4nc(cc5cc(CC)c(cc1n2)[n-]5)C(CC)=C4CC)[n-]3.[Pt+2]. The first-order valence-electron chi connectivity index (χ1n) is 12.6. The Hall–Kier alpha value is -2.71. The van der Waals surface area contributed by atoms with Crippen LogP contribution in [0.3, 0.4) is 0 Å². The van der Waals surface area contributed by atoms with Crippen molar-refractivity contribution in [3.05, 3.63) is 70.3 Å². The molecule has 5 rings (SSSR count). The number of hydrogen-bond donors (Lipinski definition) is 0. The van der Waals surface area contributed by atoms with Crippen LogP contribution in [0.2, 0.25) is 0 Å². The van der Waals surface area contributed by atoms with Gasteiger partial charge in [-0.25, -0.2) is 9.97 Å². The van der Waals surface area contributed by atoms with E-state index in [1.807, 2.05) is 0 Å². The summed E-state index contributed by atoms with van der Waals surface area (Å²) in [5, 5.41) is 0. The van der Waals surface area contributed by atoms with Crippen LogP contribution in [0.1, 0.15) is 87.8 Å². The Bertz CT molecular complexity index is 1480. The van der Waals surface area contributed by atoms with Crippen LogP contribution in [0.15, 0.2) is 36.4 Å². The predicted molar refractivity (Wildman–Crippen MR) is 143 cm³/mol. The molecule has 0 aromatic carbocycles. The van der Waals surface area contributed by atoms with Gasteiger partial charge >= 0.3 is 21.1 Å². The molecule has 182 valence electrons. The second kappa shape index (κ2) is 10.5. The molecule has 0 saturated carbocycles. The van der Waals surface area contributed by atoms with Crippen LogP contribution in [0.25, 0.3) is 44.9 Å². The van der Waals surface area contributed by atoms with Gasteiger partial charge in [0.15, 0.2) is 0 Å². The van der Waals surface area contributed by atoms with Gasteiger partial charge in [0.1, 0.15) is 0 Å². The number of rotatable bonds is 5. The summed E-state index contributed by atoms with van der Waals surface area (Å²) in [5.41, 5.74) is 14.3. The van der Waals surface area contributed by atoms with Gasteiger partial charge in [0.2, 0.25) is 0 Å². The maximum Gasteiger partial charge on any atom is 2.00 e. The van der Waals surface area contributed by atoms with E-state index < -0.39 is 0 Å². The standard InChI is InChI=1S/C30H32N4.Pt/c1-6-18-11-21-14-22-12-19(7-2)28(32-22)17-30-25(10-5)24(9-4)29(34-30)15-23-13-20(8-3)27(33-23)16-26(18)31-21;/h11-17H,6-10H2,1-5H3;/q-2;+2. The fraction of sp³-hybridized carbons (Fsp3) is 0.333. The summed E-state index contributed by atoms with van der Waals surface area (Å²) in [4.78, 5) is 20.0. The van der Waals surface area contributed by atoms with Crippen LogP contribution in [-0.4, -0.2) is 9.97 Å². The van der Waals surface area contributed by atoms with Gasteiger partial charge < -0.3 is 9.97 Å². The summed E-state index contributed by atoms with van der Waals surface area (Å²) in [6, 6.07) is 13.0. The molecular weight excluding hydrogens is 611 g/mol. The Morgan fingerprint density at radius 1 is 0.571 bits per heavy atom. The van der Waals surface area contributed by atoms with Gasteiger partial charge in [-0.3, -0.25) is 0 Å². The summed E-state index contributed by atoms with van der Waals surface area (Å²) in [7, 11) is 0. The second-order valence-electron chi connectivity index (χ2n) is 8.96. The smallest absolute Gasteiger partial charge is 0.657 e. The van der Waals surface area contributed by atoms with E-state index in [0.29, 0.717) is 0 Å². The zero-order chi connectivity index (χ0) is 23.8. The summed E-state index contributed by atoms with van der Waals surface area (Å²) in [6.07, 6.45) is 6.88. The van der Waals surface area contributed by atoms with E-state index in [4.69, 9.17) is 19.9 Å². The van der Waals surface area contributed by atoms with Gasteiger partial charge in [-0.15, -0.1) is 22.1 Å². The van der Waals surface area contributed by atoms with Gasteiger partial charge in [-0.1, -0.05) is 82.1 Å². The molecule has 3 aromatic heterocycles. The molecule has 2 aliphatic heterocycles. The number of allylic oxidation sites excluding steroid dienone is 3. The van der Waals surface area contributed by atoms with Gasteiger partial charge in [-0.05, 0) is 54.9 Å². The molecular formula is C30H32N4Pt. The van der Waals surface area contributed by atoms with E-state index in [9.17, 15) is 0 Å². The van der Waals surface area contributed by atoms with E-state index in [1.165, 1.54) is 27.8 Å². The zero-order valence-corrected chi connectivity index (χ0v) is 23.5. The van der Waals surface area contributed by atoms with Gasteiger partial charge in [0.25, 0.3) is 0 Å². The molecule has 0 aliphatic carbocycles. The first-order chi connectivity index (χ1) is 16.6. The number of fused-ring (bicyclic) bond motifs is 8. The third-order valence-corrected chi connectivity index (χ3v) is 6.90. The van der Waals surface area contributed by atoms with Crippen LogP contribution in [-0.2, 0) is 33.9 Å². The number of nitrogens with zero attached hydrogens (tertiary/aromatic N) is 4. The molecule has 0 atom stereocenters. The van der Waals surface area contributed by atoms with Crippen molar-refractivity contribution >= 4 is 44.9 Å². The Morgan fingerprint density at radius 2 is 1.11 bits per heavy atom. The molecule has 5 heteroatoms. The molecule has 0 radical (unpaired) electrons. The Labute approximate surface area is 222 Å². The van der Waals surface area contributed by atoms with Gasteiger partial charge in [0.05, 0.1) is 22.8 Å². The Kier molecular flexibility index (Phi) is 7.61. The summed E-state index contributed by atoms with van der Waals surface area (Å²) in [5.74, 6) is 0. The van der Waals surface area contributed by atoms with E-state index in [1.54, 1.807) is 0 Å². The summed E-state index contributed by atoms with van der Waals surface area (Å²) >= 11 is 0. The number of aryl methyl sites for hydroxylation is 2. The normalized spacial score (nSPS) is 13.1. The molecule has 4 nitrogen and oxygen atoms in total. The third kappa shape index (κ3) is 4.73. The molecule has 0 amide bonds. The van der Waals surface area contributed by atoms with E-state index >= 15 is 0 Å². The topological polar surface area (TPSA) is 54.0 Å². The average molecular weight is 644 g/mol. The molecule has 5 heterocycles. The fourth-order valence-electron chi connectivity index (χ4n) is 5.09. The largest absolute Gasteiger partial charge is 2.00 e. The fourth-order valence-corrected chi connectivity index (χ4v) is 5.09. The Morgan fingerprint density at radius 3 is 1.66 bits per heavy atom. The quantitative estimate of drug-likeness (QED) is 0.291. The van der Waals surface area contributed by atoms with E-state index in [2.05, 4.69) is 77.1 Å². The van der Waals surface area contributed by atoms with Crippen molar-refractivity contribution in [2.75, 3.05) is 0 Å². The zero-order valence-electron chi connectivity index (χ0n) is 21.2. The van der Waals surface area contributed by atoms with E-state index in [-0.39, 0.29) is 21.1 Å². The molecule has 0 spiro atoms. The molecule has 0 fully saturated rings. The number of hydrogen-bond acceptors (Lipinski definition) is 2. The molecule has 0 N–H and O–H groups in total. The van der Waals surface area contributed by atoms with Crippen LogP contribution in [0.4, 0.5) is 0 Å². The maximum absolute atomic E-state index is 5.09. The van der Waals surface area contributed by atoms with E-state index in [0.717, 1.165) is 76.9 Å². The van der Waals surface area contributed by atoms with Crippen molar-refractivity contribution in [3.63, 3.8) is 0 Å². The molecule has 8 bridgehead atoms. The third-order valence-electron chi connectivity index (χ3n) is 6.90. The first kappa shape index (κ1) is 25.4. The van der Waals surface area contributed by atoms with Crippen molar-refractivity contribution in [2.45, 2.75) is 66.7 Å². The summed E-state index contributed by atoms with van der Waals surface area (Å²) in [6.45, 7) is 11.0. The maximum atomic E-state index is 5.09. The van der Waals surface area contributed by atoms with Gasteiger partial charge in [0, 0.05) is 0 Å². The monoisotopic (exact) mass is 643 g/mol. The van der Waals surface area contributed by atoms with Crippen molar-refractivity contribution < 1.29 is 21.1 Å². The number of aromatic nitrogens is 4. The van der Waals surface area contributed by atoms with Crippen LogP contribution >= 0.6 is 0 Å². The molecule has 3 aromatic rings.